The molecule has 2 aromatic carbocycles. The maximum Gasteiger partial charge on any atom is 0.254 e. The summed E-state index contributed by atoms with van der Waals surface area (Å²) >= 11 is 1.79. The summed E-state index contributed by atoms with van der Waals surface area (Å²) in [5.41, 5.74) is 4.34. The van der Waals surface area contributed by atoms with Crippen molar-refractivity contribution in [3.63, 3.8) is 0 Å². The molecule has 4 heteroatoms. The molecule has 1 amide bonds. The highest BCUT2D eigenvalue weighted by atomic mass is 32.1. The van der Waals surface area contributed by atoms with E-state index in [1.54, 1.807) is 18.4 Å². The summed E-state index contributed by atoms with van der Waals surface area (Å²) in [6.07, 6.45) is 0.914. The topological polar surface area (TPSA) is 29.5 Å². The van der Waals surface area contributed by atoms with Crippen LogP contribution in [-0.2, 0) is 6.42 Å². The molecule has 3 nitrogen and oxygen atoms in total. The molecule has 1 aromatic heterocycles. The molecular formula is C22H21NO2S. The molecule has 26 heavy (non-hydrogen) atoms. The van der Waals surface area contributed by atoms with Crippen LogP contribution in [0, 0.1) is 6.92 Å². The van der Waals surface area contributed by atoms with E-state index in [0.717, 1.165) is 24.3 Å². The normalized spacial score (nSPS) is 16.2. The maximum atomic E-state index is 13.3. The molecule has 0 saturated heterocycles. The van der Waals surface area contributed by atoms with Gasteiger partial charge in [-0.3, -0.25) is 4.79 Å². The highest BCUT2D eigenvalue weighted by Gasteiger charge is 2.33. The molecule has 0 N–H and O–H groups in total. The molecule has 0 saturated carbocycles. The number of nitrogens with zero attached hydrogens (tertiary/aromatic N) is 1. The molecule has 2 heterocycles. The first-order chi connectivity index (χ1) is 12.7. The van der Waals surface area contributed by atoms with Gasteiger partial charge in [0.25, 0.3) is 5.91 Å². The molecule has 1 aliphatic rings. The van der Waals surface area contributed by atoms with Crippen molar-refractivity contribution in [2.24, 2.45) is 0 Å². The second-order valence-corrected chi connectivity index (χ2v) is 7.59. The van der Waals surface area contributed by atoms with E-state index in [1.807, 2.05) is 29.2 Å². The zero-order chi connectivity index (χ0) is 18.1. The smallest absolute Gasteiger partial charge is 0.254 e. The number of methoxy groups -OCH3 is 1. The Kier molecular flexibility index (Phi) is 4.51. The first-order valence-corrected chi connectivity index (χ1v) is 9.63. The quantitative estimate of drug-likeness (QED) is 0.665. The molecule has 0 radical (unpaired) electrons. The predicted molar refractivity (Wildman–Crippen MR) is 105 cm³/mol. The zero-order valence-corrected chi connectivity index (χ0v) is 15.8. The van der Waals surface area contributed by atoms with E-state index in [0.29, 0.717) is 5.56 Å². The summed E-state index contributed by atoms with van der Waals surface area (Å²) in [5, 5.41) is 2.13. The second kappa shape index (κ2) is 6.96. The zero-order valence-electron chi connectivity index (χ0n) is 14.9. The van der Waals surface area contributed by atoms with Crippen molar-refractivity contribution in [2.75, 3.05) is 13.7 Å². The Morgan fingerprint density at radius 2 is 1.81 bits per heavy atom. The third-order valence-corrected chi connectivity index (χ3v) is 5.95. The Hall–Kier alpha value is -2.59. The summed E-state index contributed by atoms with van der Waals surface area (Å²) < 4.78 is 5.21. The van der Waals surface area contributed by atoms with Gasteiger partial charge < -0.3 is 9.64 Å². The fraction of sp³-hybridized carbons (Fsp3) is 0.227. The predicted octanol–water partition coefficient (Wildman–Crippen LogP) is 4.85. The van der Waals surface area contributed by atoms with Crippen LogP contribution in [0.2, 0.25) is 0 Å². The largest absolute Gasteiger partial charge is 0.497 e. The minimum atomic E-state index is -0.0276. The van der Waals surface area contributed by atoms with E-state index >= 15 is 0 Å². The van der Waals surface area contributed by atoms with E-state index in [4.69, 9.17) is 4.74 Å². The number of fused-ring (bicyclic) bond motifs is 1. The van der Waals surface area contributed by atoms with Gasteiger partial charge in [-0.1, -0.05) is 29.8 Å². The third-order valence-electron chi connectivity index (χ3n) is 4.96. The number of carbonyl (C=O) groups excluding carboxylic acids is 1. The Balaban J connectivity index is 1.73. The van der Waals surface area contributed by atoms with E-state index in [-0.39, 0.29) is 11.9 Å². The van der Waals surface area contributed by atoms with Crippen molar-refractivity contribution in [1.82, 2.24) is 4.90 Å². The molecule has 3 aromatic rings. The van der Waals surface area contributed by atoms with Gasteiger partial charge in [0.2, 0.25) is 0 Å². The minimum absolute atomic E-state index is 0.0276. The summed E-state index contributed by atoms with van der Waals surface area (Å²) in [6, 6.07) is 18.0. The van der Waals surface area contributed by atoms with Crippen molar-refractivity contribution in [3.05, 3.63) is 87.1 Å². The molecule has 0 aliphatic carbocycles. The van der Waals surface area contributed by atoms with Crippen molar-refractivity contribution >= 4 is 17.2 Å². The summed E-state index contributed by atoms with van der Waals surface area (Å²) in [7, 11) is 1.63. The lowest BCUT2D eigenvalue weighted by Gasteiger charge is -2.36. The van der Waals surface area contributed by atoms with Crippen LogP contribution < -0.4 is 4.74 Å². The molecule has 1 aliphatic heterocycles. The molecule has 0 spiro atoms. The molecule has 0 fully saturated rings. The van der Waals surface area contributed by atoms with Crippen LogP contribution in [-0.4, -0.2) is 24.5 Å². The Morgan fingerprint density at radius 1 is 1.08 bits per heavy atom. The lowest BCUT2D eigenvalue weighted by Crippen LogP contribution is -2.40. The van der Waals surface area contributed by atoms with Crippen LogP contribution in [0.25, 0.3) is 0 Å². The van der Waals surface area contributed by atoms with Crippen molar-refractivity contribution in [2.45, 2.75) is 19.4 Å². The lowest BCUT2D eigenvalue weighted by atomic mass is 9.92. The van der Waals surface area contributed by atoms with Gasteiger partial charge in [0.1, 0.15) is 5.75 Å². The van der Waals surface area contributed by atoms with Crippen molar-refractivity contribution in [1.29, 1.82) is 0 Å². The van der Waals surface area contributed by atoms with Gasteiger partial charge in [0.15, 0.2) is 0 Å². The van der Waals surface area contributed by atoms with Gasteiger partial charge in [0, 0.05) is 17.0 Å². The fourth-order valence-corrected chi connectivity index (χ4v) is 4.45. The van der Waals surface area contributed by atoms with Crippen molar-refractivity contribution in [3.8, 4) is 5.75 Å². The maximum absolute atomic E-state index is 13.3. The van der Waals surface area contributed by atoms with Gasteiger partial charge in [-0.15, -0.1) is 11.3 Å². The second-order valence-electron chi connectivity index (χ2n) is 6.59. The van der Waals surface area contributed by atoms with Crippen LogP contribution >= 0.6 is 11.3 Å². The summed E-state index contributed by atoms with van der Waals surface area (Å²) in [5.74, 6) is 0.825. The van der Waals surface area contributed by atoms with Gasteiger partial charge in [0.05, 0.1) is 13.2 Å². The van der Waals surface area contributed by atoms with Crippen LogP contribution in [0.1, 0.15) is 38.0 Å². The summed E-state index contributed by atoms with van der Waals surface area (Å²) in [6.45, 7) is 2.82. The molecule has 0 unspecified atom stereocenters. The number of carbonyl (C=O) groups is 1. The third kappa shape index (κ3) is 3.01. The molecule has 132 valence electrons. The van der Waals surface area contributed by atoms with Gasteiger partial charge in [-0.2, -0.15) is 0 Å². The monoisotopic (exact) mass is 363 g/mol. The van der Waals surface area contributed by atoms with Gasteiger partial charge in [-0.25, -0.2) is 0 Å². The highest BCUT2D eigenvalue weighted by Crippen LogP contribution is 2.38. The number of hydrogen-bond donors (Lipinski definition) is 0. The van der Waals surface area contributed by atoms with Crippen LogP contribution in [0.15, 0.2) is 60.0 Å². The number of aryl methyl sites for hydroxylation is 1. The first-order valence-electron chi connectivity index (χ1n) is 8.75. The average molecular weight is 363 g/mol. The Labute approximate surface area is 157 Å². The number of benzene rings is 2. The van der Waals surface area contributed by atoms with Crippen LogP contribution in [0.3, 0.4) is 0 Å². The van der Waals surface area contributed by atoms with E-state index in [9.17, 15) is 4.79 Å². The molecular weight excluding hydrogens is 342 g/mol. The standard InChI is InChI=1S/C22H21NO2S/c1-15-3-5-16(6-4-15)21-19-12-14-26-20(19)11-13-23(21)22(24)17-7-9-18(25-2)10-8-17/h3-10,12,14,21H,11,13H2,1-2H3/t21-/m1/s1. The first kappa shape index (κ1) is 16.9. The number of thiophene rings is 1. The SMILES string of the molecule is COc1ccc(C(=O)N2CCc3sccc3[C@H]2c2ccc(C)cc2)cc1. The number of rotatable bonds is 3. The molecule has 0 bridgehead atoms. The molecule has 4 rings (SSSR count). The number of hydrogen-bond acceptors (Lipinski definition) is 3. The minimum Gasteiger partial charge on any atom is -0.497 e. The number of amides is 1. The van der Waals surface area contributed by atoms with E-state index in [1.165, 1.54) is 16.0 Å². The van der Waals surface area contributed by atoms with E-state index < -0.39 is 0 Å². The summed E-state index contributed by atoms with van der Waals surface area (Å²) in [4.78, 5) is 16.7. The Morgan fingerprint density at radius 3 is 2.50 bits per heavy atom. The fourth-order valence-electron chi connectivity index (χ4n) is 3.54. The number of ether oxygens (including phenoxy) is 1. The molecule has 1 atom stereocenters. The Bertz CT molecular complexity index is 912. The van der Waals surface area contributed by atoms with Crippen molar-refractivity contribution < 1.29 is 9.53 Å². The van der Waals surface area contributed by atoms with Gasteiger partial charge >= 0.3 is 0 Å². The van der Waals surface area contributed by atoms with Crippen LogP contribution in [0.5, 0.6) is 5.75 Å². The van der Waals surface area contributed by atoms with Crippen LogP contribution in [0.4, 0.5) is 0 Å². The lowest BCUT2D eigenvalue weighted by molar-refractivity contribution is 0.0696. The average Bonchev–Trinajstić information content (AvgIpc) is 3.16. The van der Waals surface area contributed by atoms with E-state index in [2.05, 4.69) is 42.6 Å². The van der Waals surface area contributed by atoms with Gasteiger partial charge in [-0.05, 0) is 60.2 Å². The highest BCUT2D eigenvalue weighted by molar-refractivity contribution is 7.10.